The first-order valence-electron chi connectivity index (χ1n) is 9.55. The summed E-state index contributed by atoms with van der Waals surface area (Å²) in [5.74, 6) is -1.26. The molecule has 0 radical (unpaired) electrons. The van der Waals surface area contributed by atoms with Gasteiger partial charge in [0.25, 0.3) is 0 Å². The smallest absolute Gasteiger partial charge is 0.275 e. The minimum absolute atomic E-state index is 0.0551. The van der Waals surface area contributed by atoms with E-state index in [1.54, 1.807) is 30.2 Å². The van der Waals surface area contributed by atoms with Crippen molar-refractivity contribution in [1.82, 2.24) is 19.4 Å². The van der Waals surface area contributed by atoms with Gasteiger partial charge in [-0.15, -0.1) is 0 Å². The van der Waals surface area contributed by atoms with Crippen molar-refractivity contribution in [2.45, 2.75) is 38.8 Å². The molecule has 3 amide bonds. The largest absolute Gasteiger partial charge is 0.501 e. The van der Waals surface area contributed by atoms with Crippen LogP contribution in [0.1, 0.15) is 32.3 Å². The lowest BCUT2D eigenvalue weighted by Crippen LogP contribution is -2.54. The number of allylic oxidation sites excluding steroid dienone is 2. The monoisotopic (exact) mass is 418 g/mol. The quantitative estimate of drug-likeness (QED) is 0.691. The van der Waals surface area contributed by atoms with Gasteiger partial charge < -0.3 is 0 Å². The molecule has 1 saturated carbocycles. The number of fused-ring (bicyclic) bond motifs is 1. The van der Waals surface area contributed by atoms with Gasteiger partial charge >= 0.3 is 11.9 Å². The Morgan fingerprint density at radius 1 is 1.31 bits per heavy atom. The second-order valence-electron chi connectivity index (χ2n) is 7.94. The molecule has 2 heterocycles. The van der Waals surface area contributed by atoms with Crippen LogP contribution in [0.3, 0.4) is 0 Å². The van der Waals surface area contributed by atoms with Crippen LogP contribution in [0, 0.1) is 5.92 Å². The fraction of sp³-hybridized carbons (Fsp3) is 0.474. The summed E-state index contributed by atoms with van der Waals surface area (Å²) >= 11 is 0. The second-order valence-corrected chi connectivity index (χ2v) is 9.63. The summed E-state index contributed by atoms with van der Waals surface area (Å²) in [6.07, 6.45) is 9.39. The minimum Gasteiger partial charge on any atom is -0.275 e. The Balaban J connectivity index is 1.69. The van der Waals surface area contributed by atoms with Crippen LogP contribution in [0.15, 0.2) is 35.5 Å². The van der Waals surface area contributed by atoms with Crippen LogP contribution in [0.4, 0.5) is 4.79 Å². The standard InChI is InChI=1S/C19H24N5O4S/c1-4-23-16-6-5-14(29(27,28)21-19(2)7-8-19)9-15(16)17(25)24(18(23)26)12-13-10-20-22(3)11-13/h5-6,9-11,15,21H,4,7-8,12H2,1-3H3/q+1. The van der Waals surface area contributed by atoms with Crippen molar-refractivity contribution < 1.29 is 22.6 Å². The van der Waals surface area contributed by atoms with Gasteiger partial charge in [-0.3, -0.25) is 4.68 Å². The van der Waals surface area contributed by atoms with Gasteiger partial charge in [0.1, 0.15) is 18.2 Å². The molecule has 0 spiro atoms. The molecule has 1 N–H and O–H groups in total. The van der Waals surface area contributed by atoms with E-state index in [0.717, 1.165) is 23.3 Å². The van der Waals surface area contributed by atoms with Crippen LogP contribution in [0.5, 0.6) is 0 Å². The molecule has 9 nitrogen and oxygen atoms in total. The molecule has 1 aromatic heterocycles. The molecule has 1 aromatic rings. The molecular formula is C19H24N5O4S+. The summed E-state index contributed by atoms with van der Waals surface area (Å²) in [5.41, 5.74) is 0.813. The first-order chi connectivity index (χ1) is 13.6. The Kier molecular flexibility index (Phi) is 4.58. The first kappa shape index (κ1) is 19.7. The van der Waals surface area contributed by atoms with Crippen LogP contribution < -0.4 is 4.72 Å². The highest BCUT2D eigenvalue weighted by atomic mass is 32.2. The lowest BCUT2D eigenvalue weighted by atomic mass is 9.94. The second kappa shape index (κ2) is 6.74. The highest BCUT2D eigenvalue weighted by molar-refractivity contribution is 7.93. The van der Waals surface area contributed by atoms with Crippen molar-refractivity contribution >= 4 is 27.7 Å². The number of aryl methyl sites for hydroxylation is 1. The van der Waals surface area contributed by atoms with Crippen LogP contribution in [-0.2, 0) is 28.4 Å². The molecule has 3 aliphatic rings. The Morgan fingerprint density at radius 3 is 2.62 bits per heavy atom. The third-order valence-electron chi connectivity index (χ3n) is 5.48. The van der Waals surface area contributed by atoms with E-state index in [4.69, 9.17) is 0 Å². The maximum Gasteiger partial charge on any atom is 0.501 e. The number of rotatable bonds is 6. The number of nitrogens with one attached hydrogen (secondary N) is 1. The molecular weight excluding hydrogens is 394 g/mol. The lowest BCUT2D eigenvalue weighted by Gasteiger charge is -2.27. The van der Waals surface area contributed by atoms with Crippen molar-refractivity contribution in [2.24, 2.45) is 13.0 Å². The van der Waals surface area contributed by atoms with Crippen molar-refractivity contribution in [2.75, 3.05) is 6.54 Å². The van der Waals surface area contributed by atoms with Crippen LogP contribution >= 0.6 is 0 Å². The average molecular weight is 418 g/mol. The average Bonchev–Trinajstić information content (AvgIpc) is 3.23. The summed E-state index contributed by atoms with van der Waals surface area (Å²) in [6, 6.07) is -0.416. The van der Waals surface area contributed by atoms with Crippen LogP contribution in [-0.4, -0.2) is 57.4 Å². The van der Waals surface area contributed by atoms with E-state index < -0.39 is 33.4 Å². The predicted molar refractivity (Wildman–Crippen MR) is 105 cm³/mol. The van der Waals surface area contributed by atoms with E-state index in [1.165, 1.54) is 16.7 Å². The molecule has 0 saturated heterocycles. The van der Waals surface area contributed by atoms with Crippen molar-refractivity contribution in [3.63, 3.8) is 0 Å². The molecule has 4 rings (SSSR count). The Bertz CT molecular complexity index is 1090. The Morgan fingerprint density at radius 2 is 2.03 bits per heavy atom. The zero-order valence-electron chi connectivity index (χ0n) is 16.6. The van der Waals surface area contributed by atoms with Crippen molar-refractivity contribution in [3.05, 3.63) is 41.1 Å². The summed E-state index contributed by atoms with van der Waals surface area (Å²) < 4.78 is 31.3. The van der Waals surface area contributed by atoms with E-state index >= 15 is 0 Å². The molecule has 0 aromatic carbocycles. The third kappa shape index (κ3) is 3.58. The number of nitrogens with zero attached hydrogens (tertiary/aromatic N) is 4. The number of carbonyl (C=O) groups is 2. The van der Waals surface area contributed by atoms with Gasteiger partial charge in [-0.2, -0.15) is 19.4 Å². The zero-order valence-corrected chi connectivity index (χ0v) is 17.4. The highest BCUT2D eigenvalue weighted by Crippen LogP contribution is 2.36. The number of amides is 3. The molecule has 29 heavy (non-hydrogen) atoms. The van der Waals surface area contributed by atoms with Gasteiger partial charge in [-0.1, -0.05) is 0 Å². The van der Waals surface area contributed by atoms with Gasteiger partial charge in [-0.25, -0.2) is 17.9 Å². The number of hydrogen-bond donors (Lipinski definition) is 1. The van der Waals surface area contributed by atoms with Gasteiger partial charge in [0, 0.05) is 24.3 Å². The molecule has 10 heteroatoms. The van der Waals surface area contributed by atoms with E-state index in [9.17, 15) is 18.0 Å². The third-order valence-corrected chi connectivity index (χ3v) is 7.13. The molecule has 1 aliphatic heterocycles. The van der Waals surface area contributed by atoms with Crippen molar-refractivity contribution in [1.29, 1.82) is 0 Å². The number of carbonyl (C=O) groups excluding carboxylic acids is 2. The summed E-state index contributed by atoms with van der Waals surface area (Å²) in [6.45, 7) is 4.13. The molecule has 1 atom stereocenters. The molecule has 1 fully saturated rings. The number of sulfonamides is 1. The van der Waals surface area contributed by atoms with E-state index in [-0.39, 0.29) is 11.4 Å². The van der Waals surface area contributed by atoms with Crippen molar-refractivity contribution in [3.8, 4) is 0 Å². The van der Waals surface area contributed by atoms with Gasteiger partial charge in [0.2, 0.25) is 10.0 Å². The predicted octanol–water partition coefficient (Wildman–Crippen LogP) is 0.897. The molecule has 0 bridgehead atoms. The van der Waals surface area contributed by atoms with E-state index in [2.05, 4.69) is 9.82 Å². The molecule has 1 unspecified atom stereocenters. The lowest BCUT2D eigenvalue weighted by molar-refractivity contribution is -0.436. The highest BCUT2D eigenvalue weighted by Gasteiger charge is 2.48. The van der Waals surface area contributed by atoms with Crippen LogP contribution in [0.25, 0.3) is 0 Å². The fourth-order valence-electron chi connectivity index (χ4n) is 3.60. The van der Waals surface area contributed by atoms with E-state index in [0.29, 0.717) is 12.3 Å². The number of aromatic nitrogens is 2. The van der Waals surface area contributed by atoms with Gasteiger partial charge in [0.15, 0.2) is 0 Å². The molecule has 2 aliphatic carbocycles. The SMILES string of the molecule is CC[N+]1=C2C=CC(S(=O)(=O)NC3(C)CC3)=CC2C(=O)N(Cc2cnn(C)c2)C1=O. The Labute approximate surface area is 169 Å². The Hall–Kier alpha value is -2.59. The number of urea groups is 1. The summed E-state index contributed by atoms with van der Waals surface area (Å²) in [4.78, 5) is 27.3. The van der Waals surface area contributed by atoms with Crippen LogP contribution in [0.2, 0.25) is 0 Å². The number of hydrogen-bond acceptors (Lipinski definition) is 5. The van der Waals surface area contributed by atoms with Gasteiger partial charge in [0.05, 0.1) is 17.6 Å². The maximum atomic E-state index is 13.1. The van der Waals surface area contributed by atoms with E-state index in [1.807, 2.05) is 13.8 Å². The fourth-order valence-corrected chi connectivity index (χ4v) is 5.14. The number of imide groups is 1. The first-order valence-corrected chi connectivity index (χ1v) is 11.0. The summed E-state index contributed by atoms with van der Waals surface area (Å²) in [7, 11) is -1.98. The molecule has 154 valence electrons. The zero-order chi connectivity index (χ0) is 21.0. The summed E-state index contributed by atoms with van der Waals surface area (Å²) in [5, 5.41) is 4.08. The topological polar surface area (TPSA) is 104 Å². The maximum absolute atomic E-state index is 13.1. The minimum atomic E-state index is -3.74. The normalized spacial score (nSPS) is 23.3. The van der Waals surface area contributed by atoms with Gasteiger partial charge in [-0.05, 0) is 44.9 Å².